The van der Waals surface area contributed by atoms with E-state index in [1.54, 1.807) is 42.5 Å². The second kappa shape index (κ2) is 9.46. The Morgan fingerprint density at radius 1 is 1.00 bits per heavy atom. The number of benzene rings is 2. The molecule has 4 rings (SSSR count). The van der Waals surface area contributed by atoms with E-state index in [2.05, 4.69) is 5.32 Å². The fraction of sp³-hybridized carbons (Fsp3) is 0.375. The van der Waals surface area contributed by atoms with Crippen LogP contribution in [0.1, 0.15) is 30.4 Å². The Bertz CT molecular complexity index is 1220. The molecular weight excluding hydrogens is 456 g/mol. The molecular formula is C24H28N4O5S. The normalized spacial score (nSPS) is 16.6. The van der Waals surface area contributed by atoms with Gasteiger partial charge in [-0.05, 0) is 62.4 Å². The van der Waals surface area contributed by atoms with Crippen LogP contribution in [0.4, 0.5) is 11.4 Å². The molecule has 10 heteroatoms. The number of nitrogens with one attached hydrogen (secondary N) is 1. The summed E-state index contributed by atoms with van der Waals surface area (Å²) in [6.07, 6.45) is 2.26. The third-order valence-electron chi connectivity index (χ3n) is 6.41. The van der Waals surface area contributed by atoms with E-state index in [0.717, 1.165) is 17.5 Å². The lowest BCUT2D eigenvalue weighted by Gasteiger charge is -2.31. The number of piperidine rings is 1. The van der Waals surface area contributed by atoms with E-state index in [-0.39, 0.29) is 23.9 Å². The zero-order chi connectivity index (χ0) is 24.5. The Hall–Kier alpha value is -3.40. The van der Waals surface area contributed by atoms with Gasteiger partial charge in [0.1, 0.15) is 0 Å². The first kappa shape index (κ1) is 23.7. The molecule has 1 fully saturated rings. The summed E-state index contributed by atoms with van der Waals surface area (Å²) in [6, 6.07) is 11.7. The number of nitrogens with zero attached hydrogens (tertiary/aromatic N) is 2. The SMILES string of the molecule is Cc1ccc(S(=O)(=O)N2CCCc3ccc(NC(=O)C(=O)N4CCC(C(N)=O)CC4)cc32)cc1. The molecule has 1 saturated heterocycles. The van der Waals surface area contributed by atoms with Crippen LogP contribution < -0.4 is 15.4 Å². The van der Waals surface area contributed by atoms with Crippen molar-refractivity contribution < 1.29 is 22.8 Å². The molecule has 0 bridgehead atoms. The van der Waals surface area contributed by atoms with Gasteiger partial charge in [0.15, 0.2) is 0 Å². The van der Waals surface area contributed by atoms with Crippen molar-refractivity contribution in [3.05, 3.63) is 53.6 Å². The third kappa shape index (κ3) is 4.77. The molecule has 180 valence electrons. The van der Waals surface area contributed by atoms with Gasteiger partial charge in [-0.25, -0.2) is 8.42 Å². The summed E-state index contributed by atoms with van der Waals surface area (Å²) in [5.41, 5.74) is 7.99. The molecule has 0 spiro atoms. The van der Waals surface area contributed by atoms with E-state index in [1.165, 1.54) is 9.21 Å². The molecule has 0 atom stereocenters. The van der Waals surface area contributed by atoms with Gasteiger partial charge in [0.25, 0.3) is 10.0 Å². The first-order chi connectivity index (χ1) is 16.2. The topological polar surface area (TPSA) is 130 Å². The highest BCUT2D eigenvalue weighted by Gasteiger charge is 2.31. The van der Waals surface area contributed by atoms with Gasteiger partial charge >= 0.3 is 11.8 Å². The summed E-state index contributed by atoms with van der Waals surface area (Å²) < 4.78 is 28.0. The van der Waals surface area contributed by atoms with Crippen molar-refractivity contribution in [3.8, 4) is 0 Å². The minimum atomic E-state index is -3.78. The Labute approximate surface area is 199 Å². The molecule has 2 heterocycles. The van der Waals surface area contributed by atoms with E-state index in [9.17, 15) is 22.8 Å². The zero-order valence-corrected chi connectivity index (χ0v) is 19.8. The highest BCUT2D eigenvalue weighted by molar-refractivity contribution is 7.92. The van der Waals surface area contributed by atoms with Crippen LogP contribution in [0.15, 0.2) is 47.4 Å². The van der Waals surface area contributed by atoms with Crippen LogP contribution in [-0.2, 0) is 30.8 Å². The average molecular weight is 485 g/mol. The summed E-state index contributed by atoms with van der Waals surface area (Å²) in [7, 11) is -3.78. The number of aryl methyl sites for hydroxylation is 2. The number of rotatable bonds is 4. The number of fused-ring (bicyclic) bond motifs is 1. The van der Waals surface area contributed by atoms with Gasteiger partial charge in [-0.15, -0.1) is 0 Å². The lowest BCUT2D eigenvalue weighted by Crippen LogP contribution is -2.46. The second-order valence-electron chi connectivity index (χ2n) is 8.76. The fourth-order valence-corrected chi connectivity index (χ4v) is 5.93. The molecule has 9 nitrogen and oxygen atoms in total. The number of carbonyl (C=O) groups is 3. The molecule has 3 amide bonds. The molecule has 2 aliphatic heterocycles. The van der Waals surface area contributed by atoms with E-state index in [4.69, 9.17) is 5.73 Å². The van der Waals surface area contributed by atoms with Crippen molar-refractivity contribution in [2.24, 2.45) is 11.7 Å². The number of likely N-dealkylation sites (tertiary alicyclic amines) is 1. The molecule has 0 aromatic heterocycles. The van der Waals surface area contributed by atoms with Crippen molar-refractivity contribution >= 4 is 39.1 Å². The standard InChI is InChI=1S/C24H28N4O5S/c1-16-4-8-20(9-5-16)34(32,33)28-12-2-3-17-6-7-19(15-21(17)28)26-23(30)24(31)27-13-10-18(11-14-27)22(25)29/h4-9,15,18H,2-3,10-14H2,1H3,(H2,25,29)(H,26,30). The Kier molecular flexibility index (Phi) is 6.60. The predicted molar refractivity (Wildman–Crippen MR) is 128 cm³/mol. The maximum absolute atomic E-state index is 13.3. The molecule has 34 heavy (non-hydrogen) atoms. The van der Waals surface area contributed by atoms with Crippen LogP contribution in [0.2, 0.25) is 0 Å². The fourth-order valence-electron chi connectivity index (χ4n) is 4.40. The predicted octanol–water partition coefficient (Wildman–Crippen LogP) is 1.80. The first-order valence-corrected chi connectivity index (χ1v) is 12.7. The number of primary amides is 1. The van der Waals surface area contributed by atoms with Crippen molar-refractivity contribution in [1.29, 1.82) is 0 Å². The van der Waals surface area contributed by atoms with Gasteiger partial charge in [-0.2, -0.15) is 0 Å². The smallest absolute Gasteiger partial charge is 0.313 e. The summed E-state index contributed by atoms with van der Waals surface area (Å²) in [4.78, 5) is 38.1. The second-order valence-corrected chi connectivity index (χ2v) is 10.6. The Balaban J connectivity index is 1.51. The van der Waals surface area contributed by atoms with Gasteiger partial charge in [-0.3, -0.25) is 18.7 Å². The van der Waals surface area contributed by atoms with Crippen LogP contribution in [-0.4, -0.2) is 50.7 Å². The minimum absolute atomic E-state index is 0.204. The van der Waals surface area contributed by atoms with Gasteiger partial charge in [0.2, 0.25) is 5.91 Å². The van der Waals surface area contributed by atoms with E-state index < -0.39 is 27.7 Å². The molecule has 0 aliphatic carbocycles. The third-order valence-corrected chi connectivity index (χ3v) is 8.23. The lowest BCUT2D eigenvalue weighted by molar-refractivity contribution is -0.144. The van der Waals surface area contributed by atoms with E-state index >= 15 is 0 Å². The van der Waals surface area contributed by atoms with Crippen molar-refractivity contribution in [2.45, 2.75) is 37.5 Å². The Morgan fingerprint density at radius 2 is 1.68 bits per heavy atom. The van der Waals surface area contributed by atoms with Crippen molar-refractivity contribution in [1.82, 2.24) is 4.90 Å². The first-order valence-electron chi connectivity index (χ1n) is 11.3. The molecule has 0 saturated carbocycles. The van der Waals surface area contributed by atoms with E-state index in [0.29, 0.717) is 37.2 Å². The molecule has 0 unspecified atom stereocenters. The number of carbonyl (C=O) groups excluding carboxylic acids is 3. The number of amides is 3. The van der Waals surface area contributed by atoms with Gasteiger partial charge in [0, 0.05) is 31.2 Å². The number of sulfonamides is 1. The minimum Gasteiger partial charge on any atom is -0.369 e. The van der Waals surface area contributed by atoms with Crippen molar-refractivity contribution in [3.63, 3.8) is 0 Å². The largest absolute Gasteiger partial charge is 0.369 e. The summed E-state index contributed by atoms with van der Waals surface area (Å²) in [5.74, 6) is -2.17. The number of anilines is 2. The Morgan fingerprint density at radius 3 is 2.32 bits per heavy atom. The number of hydrogen-bond donors (Lipinski definition) is 2. The average Bonchev–Trinajstić information content (AvgIpc) is 2.83. The highest BCUT2D eigenvalue weighted by atomic mass is 32.2. The van der Waals surface area contributed by atoms with Crippen LogP contribution >= 0.6 is 0 Å². The molecule has 2 aromatic carbocycles. The van der Waals surface area contributed by atoms with Crippen LogP contribution in [0.25, 0.3) is 0 Å². The highest BCUT2D eigenvalue weighted by Crippen LogP contribution is 2.34. The lowest BCUT2D eigenvalue weighted by atomic mass is 9.96. The zero-order valence-electron chi connectivity index (χ0n) is 19.0. The quantitative estimate of drug-likeness (QED) is 0.639. The summed E-state index contributed by atoms with van der Waals surface area (Å²) >= 11 is 0. The van der Waals surface area contributed by atoms with Gasteiger partial charge < -0.3 is 16.0 Å². The van der Waals surface area contributed by atoms with Gasteiger partial charge in [-0.1, -0.05) is 23.8 Å². The maximum atomic E-state index is 13.3. The molecule has 2 aliphatic rings. The molecule has 3 N–H and O–H groups in total. The van der Waals surface area contributed by atoms with Crippen LogP contribution in [0.3, 0.4) is 0 Å². The molecule has 0 radical (unpaired) electrons. The maximum Gasteiger partial charge on any atom is 0.313 e. The van der Waals surface area contributed by atoms with Crippen LogP contribution in [0.5, 0.6) is 0 Å². The number of hydrogen-bond acceptors (Lipinski definition) is 5. The van der Waals surface area contributed by atoms with Gasteiger partial charge in [0.05, 0.1) is 10.6 Å². The monoisotopic (exact) mass is 484 g/mol. The van der Waals surface area contributed by atoms with Crippen molar-refractivity contribution in [2.75, 3.05) is 29.3 Å². The number of nitrogens with two attached hydrogens (primary N) is 1. The van der Waals surface area contributed by atoms with Crippen LogP contribution in [0, 0.1) is 12.8 Å². The molecule has 2 aromatic rings. The van der Waals surface area contributed by atoms with E-state index in [1.807, 2.05) is 6.92 Å². The summed E-state index contributed by atoms with van der Waals surface area (Å²) in [6.45, 7) is 2.79. The summed E-state index contributed by atoms with van der Waals surface area (Å²) in [5, 5.41) is 2.60.